The lowest BCUT2D eigenvalue weighted by molar-refractivity contribution is -0.137. The van der Waals surface area contributed by atoms with Gasteiger partial charge in [0.05, 0.1) is 0 Å². The third-order valence-electron chi connectivity index (χ3n) is 3.68. The van der Waals surface area contributed by atoms with E-state index in [4.69, 9.17) is 5.11 Å². The van der Waals surface area contributed by atoms with Crippen LogP contribution in [-0.2, 0) is 11.2 Å². The summed E-state index contributed by atoms with van der Waals surface area (Å²) in [4.78, 5) is 25.1. The first-order chi connectivity index (χ1) is 10.1. The lowest BCUT2D eigenvalue weighted by Crippen LogP contribution is -2.37. The third kappa shape index (κ3) is 4.56. The van der Waals surface area contributed by atoms with Crippen molar-refractivity contribution in [3.63, 3.8) is 0 Å². The number of nitrogens with zero attached hydrogens (tertiary/aromatic N) is 1. The van der Waals surface area contributed by atoms with Crippen LogP contribution in [-0.4, -0.2) is 48.6 Å². The lowest BCUT2D eigenvalue weighted by atomic mass is 10.0. The molecule has 5 heteroatoms. The maximum Gasteiger partial charge on any atom is 0.323 e. The quantitative estimate of drug-likeness (QED) is 0.759. The van der Waals surface area contributed by atoms with Crippen molar-refractivity contribution < 1.29 is 14.7 Å². The Balaban J connectivity index is 2.16. The van der Waals surface area contributed by atoms with E-state index in [1.165, 1.54) is 4.90 Å². The lowest BCUT2D eigenvalue weighted by Gasteiger charge is -2.22. The zero-order chi connectivity index (χ0) is 15.2. The number of likely N-dealkylation sites (N-methyl/N-ethyl adjacent to an activating group) is 1. The van der Waals surface area contributed by atoms with Crippen molar-refractivity contribution >= 4 is 11.9 Å². The Morgan fingerprint density at radius 3 is 2.67 bits per heavy atom. The van der Waals surface area contributed by atoms with Crippen molar-refractivity contribution in [2.45, 2.75) is 19.3 Å². The summed E-state index contributed by atoms with van der Waals surface area (Å²) in [6.07, 6.45) is 2.93. The van der Waals surface area contributed by atoms with E-state index >= 15 is 0 Å². The fourth-order valence-corrected chi connectivity index (χ4v) is 2.37. The first kappa shape index (κ1) is 15.5. The monoisotopic (exact) mass is 290 g/mol. The number of amides is 1. The van der Waals surface area contributed by atoms with Crippen LogP contribution in [0.5, 0.6) is 0 Å². The van der Waals surface area contributed by atoms with Gasteiger partial charge < -0.3 is 15.3 Å². The molecule has 1 fully saturated rings. The minimum Gasteiger partial charge on any atom is -0.480 e. The van der Waals surface area contributed by atoms with Crippen molar-refractivity contribution in [3.05, 3.63) is 35.4 Å². The van der Waals surface area contributed by atoms with Crippen LogP contribution < -0.4 is 5.32 Å². The highest BCUT2D eigenvalue weighted by atomic mass is 16.4. The predicted octanol–water partition coefficient (Wildman–Crippen LogP) is 1.39. The fourth-order valence-electron chi connectivity index (χ4n) is 2.37. The maximum atomic E-state index is 12.7. The third-order valence-corrected chi connectivity index (χ3v) is 3.68. The van der Waals surface area contributed by atoms with Crippen LogP contribution in [0.15, 0.2) is 24.3 Å². The van der Waals surface area contributed by atoms with E-state index in [1.807, 2.05) is 25.2 Å². The number of carboxylic acids is 1. The largest absolute Gasteiger partial charge is 0.480 e. The molecule has 21 heavy (non-hydrogen) atoms. The summed E-state index contributed by atoms with van der Waals surface area (Å²) in [5.74, 6) is -0.662. The number of rotatable bonds is 8. The van der Waals surface area contributed by atoms with E-state index in [0.29, 0.717) is 18.0 Å². The highest BCUT2D eigenvalue weighted by molar-refractivity contribution is 5.97. The van der Waals surface area contributed by atoms with Gasteiger partial charge in [-0.05, 0) is 50.4 Å². The van der Waals surface area contributed by atoms with Gasteiger partial charge in [0, 0.05) is 12.1 Å². The van der Waals surface area contributed by atoms with E-state index in [9.17, 15) is 9.59 Å². The average molecular weight is 290 g/mol. The number of aliphatic carboxylic acids is 1. The molecule has 114 valence electrons. The van der Waals surface area contributed by atoms with Gasteiger partial charge in [-0.3, -0.25) is 9.59 Å². The smallest absolute Gasteiger partial charge is 0.323 e. The molecule has 0 aliphatic heterocycles. The second kappa shape index (κ2) is 7.22. The molecule has 0 heterocycles. The summed E-state index contributed by atoms with van der Waals surface area (Å²) >= 11 is 0. The first-order valence-corrected chi connectivity index (χ1v) is 7.35. The zero-order valence-electron chi connectivity index (χ0n) is 12.3. The van der Waals surface area contributed by atoms with Crippen molar-refractivity contribution in [1.82, 2.24) is 10.2 Å². The first-order valence-electron chi connectivity index (χ1n) is 7.35. The molecule has 2 N–H and O–H groups in total. The normalized spacial score (nSPS) is 14.0. The molecule has 0 radical (unpaired) electrons. The molecule has 0 saturated heterocycles. The number of hydrogen-bond donors (Lipinski definition) is 2. The topological polar surface area (TPSA) is 69.6 Å². The molecule has 5 nitrogen and oxygen atoms in total. The number of carbonyl (C=O) groups excluding carboxylic acids is 1. The van der Waals surface area contributed by atoms with Crippen molar-refractivity contribution in [1.29, 1.82) is 0 Å². The highest BCUT2D eigenvalue weighted by Gasteiger charge is 2.29. The van der Waals surface area contributed by atoms with E-state index in [2.05, 4.69) is 5.32 Å². The van der Waals surface area contributed by atoms with Gasteiger partial charge in [0.1, 0.15) is 6.54 Å². The molecule has 0 unspecified atom stereocenters. The molecule has 1 saturated carbocycles. The summed E-state index contributed by atoms with van der Waals surface area (Å²) < 4.78 is 0. The van der Waals surface area contributed by atoms with Gasteiger partial charge in [-0.15, -0.1) is 0 Å². The Hall–Kier alpha value is -1.88. The Morgan fingerprint density at radius 1 is 1.33 bits per heavy atom. The summed E-state index contributed by atoms with van der Waals surface area (Å²) in [5.41, 5.74) is 1.58. The summed E-state index contributed by atoms with van der Waals surface area (Å²) in [6.45, 7) is 1.10. The van der Waals surface area contributed by atoms with Gasteiger partial charge >= 0.3 is 5.97 Å². The van der Waals surface area contributed by atoms with Gasteiger partial charge in [0.15, 0.2) is 0 Å². The van der Waals surface area contributed by atoms with Crippen molar-refractivity contribution in [3.8, 4) is 0 Å². The Morgan fingerprint density at radius 2 is 2.05 bits per heavy atom. The van der Waals surface area contributed by atoms with Crippen LogP contribution in [0.3, 0.4) is 0 Å². The van der Waals surface area contributed by atoms with Crippen molar-refractivity contribution in [2.24, 2.45) is 5.92 Å². The molecule has 1 aromatic rings. The van der Waals surface area contributed by atoms with Crippen molar-refractivity contribution in [2.75, 3.05) is 26.7 Å². The molecule has 1 aliphatic rings. The van der Waals surface area contributed by atoms with Gasteiger partial charge in [0.25, 0.3) is 5.91 Å². The molecule has 0 atom stereocenters. The molecule has 0 bridgehead atoms. The van der Waals surface area contributed by atoms with Gasteiger partial charge in [0.2, 0.25) is 0 Å². The van der Waals surface area contributed by atoms with Crippen LogP contribution in [0, 0.1) is 5.92 Å². The Bertz CT molecular complexity index is 512. The fraction of sp³-hybridized carbons (Fsp3) is 0.500. The molecule has 1 aromatic carbocycles. The summed E-state index contributed by atoms with van der Waals surface area (Å²) in [6, 6.07) is 7.45. The van der Waals surface area contributed by atoms with Gasteiger partial charge in [-0.25, -0.2) is 0 Å². The molecule has 0 spiro atoms. The average Bonchev–Trinajstić information content (AvgIpc) is 3.27. The van der Waals surface area contributed by atoms with Gasteiger partial charge in [-0.2, -0.15) is 0 Å². The van der Waals surface area contributed by atoms with E-state index in [-0.39, 0.29) is 12.5 Å². The SMILES string of the molecule is CNCCc1ccccc1C(=O)N(CC(=O)O)CC1CC1. The molecule has 1 amide bonds. The van der Waals surface area contributed by atoms with E-state index < -0.39 is 5.97 Å². The van der Waals surface area contributed by atoms with Crippen LogP contribution in [0.2, 0.25) is 0 Å². The number of carbonyl (C=O) groups is 2. The predicted molar refractivity (Wildman–Crippen MR) is 80.3 cm³/mol. The van der Waals surface area contributed by atoms with Crippen LogP contribution in [0.1, 0.15) is 28.8 Å². The molecule has 0 aromatic heterocycles. The minimum absolute atomic E-state index is 0.170. The summed E-state index contributed by atoms with van der Waals surface area (Å²) in [7, 11) is 1.87. The number of benzene rings is 1. The molecule has 1 aliphatic carbocycles. The Labute approximate surface area is 125 Å². The van der Waals surface area contributed by atoms with Crippen LogP contribution >= 0.6 is 0 Å². The standard InChI is InChI=1S/C16H22N2O3/c1-17-9-8-13-4-2-3-5-14(13)16(21)18(11-15(19)20)10-12-6-7-12/h2-5,12,17H,6-11H2,1H3,(H,19,20). The van der Waals surface area contributed by atoms with Gasteiger partial charge in [-0.1, -0.05) is 18.2 Å². The van der Waals surface area contributed by atoms with Crippen LogP contribution in [0.4, 0.5) is 0 Å². The van der Waals surface area contributed by atoms with Crippen LogP contribution in [0.25, 0.3) is 0 Å². The number of hydrogen-bond acceptors (Lipinski definition) is 3. The number of carboxylic acid groups (broad SMARTS) is 1. The molecular formula is C16H22N2O3. The molecule has 2 rings (SSSR count). The Kier molecular flexibility index (Phi) is 5.33. The molecular weight excluding hydrogens is 268 g/mol. The zero-order valence-corrected chi connectivity index (χ0v) is 12.3. The highest BCUT2D eigenvalue weighted by Crippen LogP contribution is 2.30. The summed E-state index contributed by atoms with van der Waals surface area (Å²) in [5, 5.41) is 12.1. The second-order valence-electron chi connectivity index (χ2n) is 5.53. The minimum atomic E-state index is -0.961. The number of nitrogens with one attached hydrogen (secondary N) is 1. The van der Waals surface area contributed by atoms with E-state index in [0.717, 1.165) is 31.4 Å². The second-order valence-corrected chi connectivity index (χ2v) is 5.53. The maximum absolute atomic E-state index is 12.7. The van der Waals surface area contributed by atoms with E-state index in [1.54, 1.807) is 6.07 Å².